The van der Waals surface area contributed by atoms with E-state index in [0.717, 1.165) is 10.5 Å². The zero-order valence-corrected chi connectivity index (χ0v) is 17.2. The number of fused-ring (bicyclic) bond motifs is 1. The second kappa shape index (κ2) is 7.50. The largest absolute Gasteiger partial charge is 0.366 e. The summed E-state index contributed by atoms with van der Waals surface area (Å²) in [5.41, 5.74) is 0.193. The standard InChI is InChI=1S/C22H22N4O5/c1-3-11-25-20(28)22(19(27)23-21(25)29)13-15-12-16(26(30)31)9-10-17(15)24(2)18(22)14-7-5-4-6-8-14/h4-10,12,18H,3,11,13H2,1-2H3,(H,23,27,29)/t18-,22-/m0/s1. The average Bonchev–Trinajstić information content (AvgIpc) is 2.75. The van der Waals surface area contributed by atoms with E-state index in [2.05, 4.69) is 5.32 Å². The number of non-ortho nitro benzene ring substituents is 1. The molecule has 2 atom stereocenters. The molecule has 4 amide bonds. The van der Waals surface area contributed by atoms with E-state index in [9.17, 15) is 24.5 Å². The SMILES string of the molecule is CCCN1C(=O)NC(=O)[C@@]2(Cc3cc([N+](=O)[O-])ccc3N(C)[C@H]2c2ccccc2)C1=O. The molecule has 9 nitrogen and oxygen atoms in total. The maximum Gasteiger partial charge on any atom is 0.330 e. The van der Waals surface area contributed by atoms with Gasteiger partial charge in [0.1, 0.15) is 0 Å². The van der Waals surface area contributed by atoms with Crippen LogP contribution in [0, 0.1) is 15.5 Å². The number of nitro groups is 1. The lowest BCUT2D eigenvalue weighted by atomic mass is 9.66. The number of nitrogens with one attached hydrogen (secondary N) is 1. The van der Waals surface area contributed by atoms with Crippen molar-refractivity contribution < 1.29 is 19.3 Å². The minimum atomic E-state index is -1.64. The molecule has 0 aliphatic carbocycles. The Labute approximate surface area is 178 Å². The Morgan fingerprint density at radius 3 is 2.52 bits per heavy atom. The Hall–Kier alpha value is -3.75. The highest BCUT2D eigenvalue weighted by molar-refractivity contribution is 6.20. The summed E-state index contributed by atoms with van der Waals surface area (Å²) in [6.07, 6.45) is 0.489. The number of hydrogen-bond acceptors (Lipinski definition) is 6. The third-order valence-corrected chi connectivity index (χ3v) is 6.04. The van der Waals surface area contributed by atoms with Gasteiger partial charge in [0.2, 0.25) is 11.8 Å². The summed E-state index contributed by atoms with van der Waals surface area (Å²) in [6, 6.07) is 12.2. The second-order valence-corrected chi connectivity index (χ2v) is 7.86. The number of rotatable bonds is 4. The molecule has 1 spiro atoms. The van der Waals surface area contributed by atoms with E-state index in [-0.39, 0.29) is 18.7 Å². The zero-order valence-electron chi connectivity index (χ0n) is 17.2. The molecule has 31 heavy (non-hydrogen) atoms. The molecule has 160 valence electrons. The van der Waals surface area contributed by atoms with E-state index in [0.29, 0.717) is 17.7 Å². The average molecular weight is 422 g/mol. The number of imide groups is 2. The van der Waals surface area contributed by atoms with Crippen LogP contribution in [0.2, 0.25) is 0 Å². The number of hydrogen-bond donors (Lipinski definition) is 1. The number of amides is 4. The summed E-state index contributed by atoms with van der Waals surface area (Å²) in [4.78, 5) is 53.2. The lowest BCUT2D eigenvalue weighted by Gasteiger charge is -2.51. The molecule has 2 aromatic carbocycles. The van der Waals surface area contributed by atoms with E-state index in [1.54, 1.807) is 18.0 Å². The first kappa shape index (κ1) is 20.5. The first-order valence-electron chi connectivity index (χ1n) is 10.0. The Kier molecular flexibility index (Phi) is 4.96. The Morgan fingerprint density at radius 1 is 1.16 bits per heavy atom. The third-order valence-electron chi connectivity index (χ3n) is 6.04. The number of nitro benzene ring substituents is 1. The van der Waals surface area contributed by atoms with Crippen LogP contribution >= 0.6 is 0 Å². The highest BCUT2D eigenvalue weighted by Crippen LogP contribution is 2.51. The number of carbonyl (C=O) groups is 3. The van der Waals surface area contributed by atoms with Crippen LogP contribution in [-0.2, 0) is 16.0 Å². The van der Waals surface area contributed by atoms with E-state index < -0.39 is 34.2 Å². The van der Waals surface area contributed by atoms with Crippen LogP contribution in [0.3, 0.4) is 0 Å². The molecule has 0 bridgehead atoms. The van der Waals surface area contributed by atoms with Gasteiger partial charge in [0.05, 0.1) is 11.0 Å². The molecule has 1 fully saturated rings. The number of nitrogens with zero attached hydrogens (tertiary/aromatic N) is 3. The minimum Gasteiger partial charge on any atom is -0.366 e. The molecular formula is C22H22N4O5. The molecular weight excluding hydrogens is 400 g/mol. The van der Waals surface area contributed by atoms with Crippen molar-refractivity contribution in [3.63, 3.8) is 0 Å². The van der Waals surface area contributed by atoms with Crippen LogP contribution in [0.5, 0.6) is 0 Å². The summed E-state index contributed by atoms with van der Waals surface area (Å²) in [5, 5.41) is 13.7. The smallest absolute Gasteiger partial charge is 0.330 e. The van der Waals surface area contributed by atoms with Gasteiger partial charge in [-0.25, -0.2) is 4.79 Å². The van der Waals surface area contributed by atoms with Gasteiger partial charge in [-0.05, 0) is 23.6 Å². The summed E-state index contributed by atoms with van der Waals surface area (Å²) in [5.74, 6) is -1.27. The molecule has 2 aliphatic rings. The van der Waals surface area contributed by atoms with Crippen molar-refractivity contribution in [3.8, 4) is 0 Å². The lowest BCUT2D eigenvalue weighted by Crippen LogP contribution is -2.69. The Balaban J connectivity index is 1.95. The highest BCUT2D eigenvalue weighted by atomic mass is 16.6. The molecule has 0 unspecified atom stereocenters. The molecule has 1 N–H and O–H groups in total. The fourth-order valence-corrected chi connectivity index (χ4v) is 4.71. The van der Waals surface area contributed by atoms with Crippen LogP contribution in [0.15, 0.2) is 48.5 Å². The fraction of sp³-hybridized carbons (Fsp3) is 0.318. The summed E-state index contributed by atoms with van der Waals surface area (Å²) < 4.78 is 0. The van der Waals surface area contributed by atoms with Crippen LogP contribution in [0.25, 0.3) is 0 Å². The maximum absolute atomic E-state index is 13.8. The number of anilines is 1. The van der Waals surface area contributed by atoms with Crippen LogP contribution in [-0.4, -0.2) is 41.3 Å². The van der Waals surface area contributed by atoms with Crippen molar-refractivity contribution in [2.24, 2.45) is 5.41 Å². The molecule has 2 aromatic rings. The summed E-state index contributed by atoms with van der Waals surface area (Å²) >= 11 is 0. The number of urea groups is 1. The lowest BCUT2D eigenvalue weighted by molar-refractivity contribution is -0.384. The van der Waals surface area contributed by atoms with Gasteiger partial charge >= 0.3 is 6.03 Å². The number of benzene rings is 2. The molecule has 2 aliphatic heterocycles. The summed E-state index contributed by atoms with van der Waals surface area (Å²) in [6.45, 7) is 2.01. The molecule has 0 aromatic heterocycles. The third kappa shape index (κ3) is 3.04. The molecule has 2 heterocycles. The normalized spacial score (nSPS) is 23.0. The quantitative estimate of drug-likeness (QED) is 0.461. The molecule has 0 radical (unpaired) electrons. The van der Waals surface area contributed by atoms with E-state index in [1.807, 2.05) is 37.3 Å². The first-order valence-corrected chi connectivity index (χ1v) is 10.0. The monoisotopic (exact) mass is 422 g/mol. The maximum atomic E-state index is 13.8. The van der Waals surface area contributed by atoms with Gasteiger partial charge in [-0.1, -0.05) is 37.3 Å². The molecule has 4 rings (SSSR count). The van der Waals surface area contributed by atoms with Gasteiger partial charge in [-0.15, -0.1) is 0 Å². The predicted molar refractivity (Wildman–Crippen MR) is 112 cm³/mol. The van der Waals surface area contributed by atoms with E-state index >= 15 is 0 Å². The van der Waals surface area contributed by atoms with Crippen molar-refractivity contribution >= 4 is 29.2 Å². The van der Waals surface area contributed by atoms with Gasteiger partial charge in [-0.3, -0.25) is 29.9 Å². The molecule has 1 saturated heterocycles. The van der Waals surface area contributed by atoms with Gasteiger partial charge in [0, 0.05) is 37.8 Å². The fourth-order valence-electron chi connectivity index (χ4n) is 4.71. The number of barbiturate groups is 1. The zero-order chi connectivity index (χ0) is 22.3. The van der Waals surface area contributed by atoms with Crippen LogP contribution in [0.1, 0.15) is 30.5 Å². The highest BCUT2D eigenvalue weighted by Gasteiger charge is 2.62. The van der Waals surface area contributed by atoms with Gasteiger partial charge < -0.3 is 4.90 Å². The van der Waals surface area contributed by atoms with Crippen molar-refractivity contribution in [2.75, 3.05) is 18.5 Å². The second-order valence-electron chi connectivity index (χ2n) is 7.86. The van der Waals surface area contributed by atoms with Crippen molar-refractivity contribution in [1.82, 2.24) is 10.2 Å². The topological polar surface area (TPSA) is 113 Å². The van der Waals surface area contributed by atoms with Crippen molar-refractivity contribution in [2.45, 2.75) is 25.8 Å². The first-order chi connectivity index (χ1) is 14.8. The van der Waals surface area contributed by atoms with E-state index in [4.69, 9.17) is 0 Å². The predicted octanol–water partition coefficient (Wildman–Crippen LogP) is 2.80. The Bertz CT molecular complexity index is 1090. The van der Waals surface area contributed by atoms with Gasteiger partial charge in [-0.2, -0.15) is 0 Å². The van der Waals surface area contributed by atoms with Crippen LogP contribution in [0.4, 0.5) is 16.2 Å². The van der Waals surface area contributed by atoms with E-state index in [1.165, 1.54) is 12.1 Å². The Morgan fingerprint density at radius 2 is 1.87 bits per heavy atom. The van der Waals surface area contributed by atoms with Gasteiger partial charge in [0.15, 0.2) is 5.41 Å². The molecule has 0 saturated carbocycles. The molecule has 9 heteroatoms. The van der Waals surface area contributed by atoms with Gasteiger partial charge in [0.25, 0.3) is 5.69 Å². The summed E-state index contributed by atoms with van der Waals surface area (Å²) in [7, 11) is 1.75. The number of carbonyl (C=O) groups excluding carboxylic acids is 3. The van der Waals surface area contributed by atoms with Crippen LogP contribution < -0.4 is 10.2 Å². The minimum absolute atomic E-state index is 0.0495. The van der Waals surface area contributed by atoms with Crippen molar-refractivity contribution in [1.29, 1.82) is 0 Å². The van der Waals surface area contributed by atoms with Crippen molar-refractivity contribution in [3.05, 3.63) is 69.8 Å².